The molecule has 2 aliphatic rings. The highest BCUT2D eigenvalue weighted by Gasteiger charge is 2.28. The SMILES string of the molecule is COc1ccc(N2CCN(CCC(C)(O)C3=CCCCC3)CC2)cc1. The number of hydrogen-bond donors (Lipinski definition) is 1. The van der Waals surface area contributed by atoms with Gasteiger partial charge in [0, 0.05) is 38.4 Å². The molecule has 0 aromatic heterocycles. The van der Waals surface area contributed by atoms with Crippen molar-refractivity contribution in [1.82, 2.24) is 4.90 Å². The van der Waals surface area contributed by atoms with Crippen LogP contribution in [0, 0.1) is 0 Å². The molecule has 1 aliphatic heterocycles. The molecule has 0 amide bonds. The first kappa shape index (κ1) is 18.3. The van der Waals surface area contributed by atoms with E-state index in [2.05, 4.69) is 28.0 Å². The number of aliphatic hydroxyl groups is 1. The summed E-state index contributed by atoms with van der Waals surface area (Å²) in [7, 11) is 1.70. The molecule has 4 heteroatoms. The van der Waals surface area contributed by atoms with Crippen LogP contribution >= 0.6 is 0 Å². The van der Waals surface area contributed by atoms with Gasteiger partial charge in [-0.25, -0.2) is 0 Å². The fourth-order valence-electron chi connectivity index (χ4n) is 3.89. The molecule has 1 aliphatic carbocycles. The predicted molar refractivity (Wildman–Crippen MR) is 103 cm³/mol. The summed E-state index contributed by atoms with van der Waals surface area (Å²) in [5.74, 6) is 0.904. The molecule has 1 N–H and O–H groups in total. The highest BCUT2D eigenvalue weighted by molar-refractivity contribution is 5.49. The van der Waals surface area contributed by atoms with Crippen molar-refractivity contribution in [3.05, 3.63) is 35.9 Å². The van der Waals surface area contributed by atoms with E-state index < -0.39 is 5.60 Å². The van der Waals surface area contributed by atoms with Crippen LogP contribution in [0.3, 0.4) is 0 Å². The van der Waals surface area contributed by atoms with Gasteiger partial charge in [0.25, 0.3) is 0 Å². The topological polar surface area (TPSA) is 35.9 Å². The first-order valence-electron chi connectivity index (χ1n) is 9.62. The summed E-state index contributed by atoms with van der Waals surface area (Å²) in [6.07, 6.45) is 7.80. The van der Waals surface area contributed by atoms with Crippen molar-refractivity contribution in [2.24, 2.45) is 0 Å². The Morgan fingerprint density at radius 3 is 2.40 bits per heavy atom. The van der Waals surface area contributed by atoms with Crippen molar-refractivity contribution in [1.29, 1.82) is 0 Å². The largest absolute Gasteiger partial charge is 0.497 e. The lowest BCUT2D eigenvalue weighted by Gasteiger charge is -2.38. The fraction of sp³-hybridized carbons (Fsp3) is 0.619. The van der Waals surface area contributed by atoms with Crippen LogP contribution in [0.15, 0.2) is 35.9 Å². The van der Waals surface area contributed by atoms with E-state index in [1.807, 2.05) is 19.1 Å². The molecule has 138 valence electrons. The Balaban J connectivity index is 1.46. The molecule has 1 unspecified atom stereocenters. The van der Waals surface area contributed by atoms with Gasteiger partial charge in [-0.15, -0.1) is 0 Å². The molecule has 0 radical (unpaired) electrons. The minimum atomic E-state index is -0.631. The molecule has 0 saturated carbocycles. The monoisotopic (exact) mass is 344 g/mol. The van der Waals surface area contributed by atoms with E-state index >= 15 is 0 Å². The number of rotatable bonds is 6. The van der Waals surface area contributed by atoms with Crippen LogP contribution in [0.1, 0.15) is 39.0 Å². The number of ether oxygens (including phenoxy) is 1. The van der Waals surface area contributed by atoms with E-state index in [1.165, 1.54) is 24.1 Å². The Morgan fingerprint density at radius 1 is 1.08 bits per heavy atom. The molecule has 1 heterocycles. The Hall–Kier alpha value is -1.52. The van der Waals surface area contributed by atoms with Gasteiger partial charge in [-0.3, -0.25) is 4.90 Å². The number of nitrogens with zero attached hydrogens (tertiary/aromatic N) is 2. The lowest BCUT2D eigenvalue weighted by atomic mass is 9.84. The maximum Gasteiger partial charge on any atom is 0.119 e. The van der Waals surface area contributed by atoms with Gasteiger partial charge in [0.15, 0.2) is 0 Å². The zero-order valence-corrected chi connectivity index (χ0v) is 15.7. The summed E-state index contributed by atoms with van der Waals surface area (Å²) in [4.78, 5) is 4.91. The number of allylic oxidation sites excluding steroid dienone is 1. The van der Waals surface area contributed by atoms with E-state index in [0.717, 1.165) is 57.7 Å². The van der Waals surface area contributed by atoms with Crippen LogP contribution in [0.4, 0.5) is 5.69 Å². The molecular weight excluding hydrogens is 312 g/mol. The van der Waals surface area contributed by atoms with Crippen LogP contribution < -0.4 is 9.64 Å². The average Bonchev–Trinajstić information content (AvgIpc) is 2.68. The third kappa shape index (κ3) is 4.77. The first-order valence-corrected chi connectivity index (χ1v) is 9.62. The molecular formula is C21H32N2O2. The van der Waals surface area contributed by atoms with Gasteiger partial charge in [-0.1, -0.05) is 6.08 Å². The van der Waals surface area contributed by atoms with Crippen molar-refractivity contribution >= 4 is 5.69 Å². The quantitative estimate of drug-likeness (QED) is 0.802. The smallest absolute Gasteiger partial charge is 0.119 e. The van der Waals surface area contributed by atoms with E-state index in [9.17, 15) is 5.11 Å². The minimum absolute atomic E-state index is 0.631. The summed E-state index contributed by atoms with van der Waals surface area (Å²) in [6, 6.07) is 8.32. The first-order chi connectivity index (χ1) is 12.1. The van der Waals surface area contributed by atoms with Crippen molar-refractivity contribution in [3.8, 4) is 5.75 Å². The van der Waals surface area contributed by atoms with Crippen LogP contribution in [-0.2, 0) is 0 Å². The second kappa shape index (κ2) is 8.24. The Bertz CT molecular complexity index is 572. The molecule has 25 heavy (non-hydrogen) atoms. The van der Waals surface area contributed by atoms with E-state index in [1.54, 1.807) is 7.11 Å². The van der Waals surface area contributed by atoms with Crippen LogP contribution in [0.2, 0.25) is 0 Å². The lowest BCUT2D eigenvalue weighted by molar-refractivity contribution is 0.0683. The molecule has 1 aromatic carbocycles. The predicted octanol–water partition coefficient (Wildman–Crippen LogP) is 3.46. The third-order valence-electron chi connectivity index (χ3n) is 5.71. The van der Waals surface area contributed by atoms with Crippen LogP contribution in [0.5, 0.6) is 5.75 Å². The van der Waals surface area contributed by atoms with Crippen molar-refractivity contribution in [2.75, 3.05) is 44.7 Å². The highest BCUT2D eigenvalue weighted by Crippen LogP contribution is 2.30. The average molecular weight is 344 g/mol. The van der Waals surface area contributed by atoms with E-state index in [4.69, 9.17) is 4.74 Å². The zero-order chi connectivity index (χ0) is 17.7. The van der Waals surface area contributed by atoms with Gasteiger partial charge >= 0.3 is 0 Å². The van der Waals surface area contributed by atoms with Gasteiger partial charge in [0.1, 0.15) is 5.75 Å². The molecule has 1 atom stereocenters. The summed E-state index contributed by atoms with van der Waals surface area (Å²) in [6.45, 7) is 7.16. The second-order valence-electron chi connectivity index (χ2n) is 7.53. The van der Waals surface area contributed by atoms with Gasteiger partial charge in [0.05, 0.1) is 12.7 Å². The van der Waals surface area contributed by atoms with Crippen molar-refractivity contribution in [2.45, 2.75) is 44.6 Å². The molecule has 0 bridgehead atoms. The van der Waals surface area contributed by atoms with Gasteiger partial charge in [-0.2, -0.15) is 0 Å². The number of hydrogen-bond acceptors (Lipinski definition) is 4. The van der Waals surface area contributed by atoms with Gasteiger partial charge in [-0.05, 0) is 68.9 Å². The van der Waals surface area contributed by atoms with Crippen LogP contribution in [-0.4, -0.2) is 55.4 Å². The molecule has 3 rings (SSSR count). The number of piperazine rings is 1. The zero-order valence-electron chi connectivity index (χ0n) is 15.7. The van der Waals surface area contributed by atoms with E-state index in [0.29, 0.717) is 0 Å². The molecule has 1 fully saturated rings. The summed E-state index contributed by atoms with van der Waals surface area (Å²) in [5, 5.41) is 10.8. The standard InChI is InChI=1S/C21H32N2O2/c1-21(24,18-6-4-3-5-7-18)12-13-22-14-16-23(17-15-22)19-8-10-20(25-2)11-9-19/h6,8-11,24H,3-5,7,12-17H2,1-2H3. The van der Waals surface area contributed by atoms with Gasteiger partial charge in [0.2, 0.25) is 0 Å². The lowest BCUT2D eigenvalue weighted by Crippen LogP contribution is -2.47. The Kier molecular flexibility index (Phi) is 6.02. The fourth-order valence-corrected chi connectivity index (χ4v) is 3.89. The maximum absolute atomic E-state index is 10.8. The number of benzene rings is 1. The number of anilines is 1. The van der Waals surface area contributed by atoms with Crippen molar-refractivity contribution < 1.29 is 9.84 Å². The number of methoxy groups -OCH3 is 1. The molecule has 4 nitrogen and oxygen atoms in total. The molecule has 1 aromatic rings. The maximum atomic E-state index is 10.8. The van der Waals surface area contributed by atoms with Gasteiger partial charge < -0.3 is 14.7 Å². The minimum Gasteiger partial charge on any atom is -0.497 e. The Morgan fingerprint density at radius 2 is 1.80 bits per heavy atom. The van der Waals surface area contributed by atoms with E-state index in [-0.39, 0.29) is 0 Å². The van der Waals surface area contributed by atoms with Crippen LogP contribution in [0.25, 0.3) is 0 Å². The highest BCUT2D eigenvalue weighted by atomic mass is 16.5. The Labute approximate surface area is 152 Å². The summed E-state index contributed by atoms with van der Waals surface area (Å²) in [5.41, 5.74) is 1.89. The van der Waals surface area contributed by atoms with Crippen molar-refractivity contribution in [3.63, 3.8) is 0 Å². The second-order valence-corrected chi connectivity index (χ2v) is 7.53. The molecule has 0 spiro atoms. The molecule has 1 saturated heterocycles. The summed E-state index contributed by atoms with van der Waals surface area (Å²) < 4.78 is 5.23. The third-order valence-corrected chi connectivity index (χ3v) is 5.71. The normalized spacial score (nSPS) is 21.6. The summed E-state index contributed by atoms with van der Waals surface area (Å²) >= 11 is 0.